The number of hydrogen-bond acceptors (Lipinski definition) is 1. The summed E-state index contributed by atoms with van der Waals surface area (Å²) in [7, 11) is 0. The first-order chi connectivity index (χ1) is 8.36. The van der Waals surface area contributed by atoms with E-state index in [9.17, 15) is 0 Å². The third-order valence-corrected chi connectivity index (χ3v) is 4.58. The van der Waals surface area contributed by atoms with Crippen LogP contribution < -0.4 is 0 Å². The van der Waals surface area contributed by atoms with Gasteiger partial charge in [0.1, 0.15) is 0 Å². The molecular formula is C15H12BrN. The van der Waals surface area contributed by atoms with Gasteiger partial charge < -0.3 is 0 Å². The number of pyridine rings is 1. The van der Waals surface area contributed by atoms with Crippen LogP contribution in [-0.2, 0) is 0 Å². The second-order valence-corrected chi connectivity index (χ2v) is 5.72. The molecule has 1 aromatic heterocycles. The first kappa shape index (κ1) is 9.84. The molecular weight excluding hydrogens is 274 g/mol. The van der Waals surface area contributed by atoms with E-state index in [4.69, 9.17) is 0 Å². The van der Waals surface area contributed by atoms with Crippen LogP contribution in [0, 0.1) is 0 Å². The lowest BCUT2D eigenvalue weighted by atomic mass is 9.66. The molecule has 0 amide bonds. The first-order valence-corrected chi connectivity index (χ1v) is 6.93. The van der Waals surface area contributed by atoms with Crippen LogP contribution in [0.5, 0.6) is 0 Å². The van der Waals surface area contributed by atoms with E-state index in [0.717, 1.165) is 9.99 Å². The lowest BCUT2D eigenvalue weighted by molar-refractivity contribution is 0.644. The molecule has 4 rings (SSSR count). The maximum absolute atomic E-state index is 4.48. The molecule has 1 nitrogen and oxygen atoms in total. The van der Waals surface area contributed by atoms with Gasteiger partial charge in [-0.05, 0) is 64.0 Å². The fraction of sp³-hybridized carbons (Fsp3) is 0.267. The molecule has 0 spiro atoms. The summed E-state index contributed by atoms with van der Waals surface area (Å²) in [6, 6.07) is 6.50. The van der Waals surface area contributed by atoms with E-state index in [2.05, 4.69) is 39.1 Å². The monoisotopic (exact) mass is 285 g/mol. The highest BCUT2D eigenvalue weighted by molar-refractivity contribution is 9.10. The molecule has 1 aromatic carbocycles. The predicted molar refractivity (Wildman–Crippen MR) is 74.0 cm³/mol. The summed E-state index contributed by atoms with van der Waals surface area (Å²) in [6.45, 7) is 0. The molecule has 0 aliphatic heterocycles. The third-order valence-electron chi connectivity index (χ3n) is 3.97. The van der Waals surface area contributed by atoms with Crippen molar-refractivity contribution in [3.05, 3.63) is 46.1 Å². The second kappa shape index (κ2) is 3.42. The van der Waals surface area contributed by atoms with Gasteiger partial charge in [0.2, 0.25) is 0 Å². The Bertz CT molecular complexity index is 657. The van der Waals surface area contributed by atoms with Crippen LogP contribution in [0.25, 0.3) is 16.5 Å². The summed E-state index contributed by atoms with van der Waals surface area (Å²) >= 11 is 3.65. The van der Waals surface area contributed by atoms with E-state index in [0.29, 0.717) is 5.92 Å². The summed E-state index contributed by atoms with van der Waals surface area (Å²) in [5.41, 5.74) is 5.64. The van der Waals surface area contributed by atoms with Gasteiger partial charge in [0.25, 0.3) is 0 Å². The molecule has 84 valence electrons. The average molecular weight is 286 g/mol. The highest BCUT2D eigenvalue weighted by Gasteiger charge is 2.35. The molecule has 1 unspecified atom stereocenters. The van der Waals surface area contributed by atoms with E-state index in [-0.39, 0.29) is 0 Å². The number of rotatable bonds is 0. The number of benzene rings is 1. The van der Waals surface area contributed by atoms with Crippen LogP contribution in [0.3, 0.4) is 0 Å². The largest absolute Gasteiger partial charge is 0.255 e. The highest BCUT2D eigenvalue weighted by atomic mass is 79.9. The van der Waals surface area contributed by atoms with Crippen molar-refractivity contribution in [1.29, 1.82) is 0 Å². The summed E-state index contributed by atoms with van der Waals surface area (Å²) in [5, 5.41) is 1.31. The van der Waals surface area contributed by atoms with E-state index in [1.807, 2.05) is 12.3 Å². The van der Waals surface area contributed by atoms with Crippen molar-refractivity contribution in [1.82, 2.24) is 4.98 Å². The maximum atomic E-state index is 4.48. The fourth-order valence-electron chi connectivity index (χ4n) is 3.23. The van der Waals surface area contributed by atoms with Gasteiger partial charge in [-0.2, -0.15) is 0 Å². The SMILES string of the molecule is Brc1cc2c(c3cccnc13)C1=CCCCC12. The molecule has 2 aliphatic rings. The zero-order valence-electron chi connectivity index (χ0n) is 9.41. The van der Waals surface area contributed by atoms with Gasteiger partial charge in [0.05, 0.1) is 5.52 Å². The Morgan fingerprint density at radius 2 is 2.29 bits per heavy atom. The van der Waals surface area contributed by atoms with Gasteiger partial charge in [-0.15, -0.1) is 0 Å². The molecule has 0 fully saturated rings. The van der Waals surface area contributed by atoms with Crippen LogP contribution in [-0.4, -0.2) is 4.98 Å². The minimum absolute atomic E-state index is 0.694. The molecule has 0 radical (unpaired) electrons. The minimum Gasteiger partial charge on any atom is -0.255 e. The molecule has 0 bridgehead atoms. The Labute approximate surface area is 109 Å². The molecule has 2 heteroatoms. The third kappa shape index (κ3) is 1.22. The quantitative estimate of drug-likeness (QED) is 0.686. The molecule has 2 aliphatic carbocycles. The predicted octanol–water partition coefficient (Wildman–Crippen LogP) is 4.66. The highest BCUT2D eigenvalue weighted by Crippen LogP contribution is 2.54. The Morgan fingerprint density at radius 3 is 3.24 bits per heavy atom. The fourth-order valence-corrected chi connectivity index (χ4v) is 3.79. The van der Waals surface area contributed by atoms with Crippen molar-refractivity contribution in [2.24, 2.45) is 0 Å². The number of fused-ring (bicyclic) bond motifs is 6. The van der Waals surface area contributed by atoms with Crippen molar-refractivity contribution >= 4 is 32.4 Å². The number of halogens is 1. The topological polar surface area (TPSA) is 12.9 Å². The van der Waals surface area contributed by atoms with Crippen LogP contribution in [0.4, 0.5) is 0 Å². The number of nitrogens with zero attached hydrogens (tertiary/aromatic N) is 1. The molecule has 1 heterocycles. The average Bonchev–Trinajstić information content (AvgIpc) is 2.36. The minimum atomic E-state index is 0.694. The van der Waals surface area contributed by atoms with E-state index in [1.54, 1.807) is 5.57 Å². The normalized spacial score (nSPS) is 21.5. The van der Waals surface area contributed by atoms with Crippen LogP contribution in [0.2, 0.25) is 0 Å². The molecule has 0 saturated heterocycles. The first-order valence-electron chi connectivity index (χ1n) is 6.14. The van der Waals surface area contributed by atoms with E-state index >= 15 is 0 Å². The molecule has 0 N–H and O–H groups in total. The van der Waals surface area contributed by atoms with Crippen molar-refractivity contribution < 1.29 is 0 Å². The smallest absolute Gasteiger partial charge is 0.0850 e. The number of allylic oxidation sites excluding steroid dienone is 2. The van der Waals surface area contributed by atoms with Crippen molar-refractivity contribution in [3.63, 3.8) is 0 Å². The summed E-state index contributed by atoms with van der Waals surface area (Å²) in [4.78, 5) is 4.48. The number of hydrogen-bond donors (Lipinski definition) is 0. The van der Waals surface area contributed by atoms with Gasteiger partial charge in [-0.25, -0.2) is 0 Å². The molecule has 1 atom stereocenters. The maximum Gasteiger partial charge on any atom is 0.0850 e. The van der Waals surface area contributed by atoms with Crippen molar-refractivity contribution in [3.8, 4) is 0 Å². The molecule has 0 saturated carbocycles. The second-order valence-electron chi connectivity index (χ2n) is 4.87. The van der Waals surface area contributed by atoms with Crippen molar-refractivity contribution in [2.45, 2.75) is 25.2 Å². The van der Waals surface area contributed by atoms with Crippen molar-refractivity contribution in [2.75, 3.05) is 0 Å². The Hall–Kier alpha value is -1.15. The number of aromatic nitrogens is 1. The van der Waals surface area contributed by atoms with Crippen LogP contribution >= 0.6 is 15.9 Å². The lowest BCUT2D eigenvalue weighted by Gasteiger charge is -2.38. The summed E-state index contributed by atoms with van der Waals surface area (Å²) < 4.78 is 1.14. The summed E-state index contributed by atoms with van der Waals surface area (Å²) in [6.07, 6.45) is 8.18. The van der Waals surface area contributed by atoms with Gasteiger partial charge in [-0.3, -0.25) is 4.98 Å². The van der Waals surface area contributed by atoms with Gasteiger partial charge in [0, 0.05) is 22.0 Å². The zero-order chi connectivity index (χ0) is 11.4. The Kier molecular flexibility index (Phi) is 1.98. The summed E-state index contributed by atoms with van der Waals surface area (Å²) in [5.74, 6) is 0.694. The van der Waals surface area contributed by atoms with E-state index < -0.39 is 0 Å². The van der Waals surface area contributed by atoms with Gasteiger partial charge in [-0.1, -0.05) is 12.1 Å². The lowest BCUT2D eigenvalue weighted by Crippen LogP contribution is -2.19. The Morgan fingerprint density at radius 1 is 1.35 bits per heavy atom. The van der Waals surface area contributed by atoms with Crippen LogP contribution in [0.1, 0.15) is 36.3 Å². The van der Waals surface area contributed by atoms with Crippen LogP contribution in [0.15, 0.2) is 34.9 Å². The standard InChI is InChI=1S/C15H12BrN/c16-13-8-12-9-4-1-2-5-10(9)14(12)11-6-3-7-17-15(11)13/h3,5-9H,1-2,4H2. The molecule has 17 heavy (non-hydrogen) atoms. The zero-order valence-corrected chi connectivity index (χ0v) is 11.0. The Balaban J connectivity index is 2.10. The van der Waals surface area contributed by atoms with Gasteiger partial charge >= 0.3 is 0 Å². The van der Waals surface area contributed by atoms with Gasteiger partial charge in [0.15, 0.2) is 0 Å². The van der Waals surface area contributed by atoms with E-state index in [1.165, 1.54) is 35.8 Å². The molecule has 2 aromatic rings.